The summed E-state index contributed by atoms with van der Waals surface area (Å²) in [7, 11) is 4.12. The van der Waals surface area contributed by atoms with E-state index in [1.807, 2.05) is 0 Å². The fraction of sp³-hybridized carbons (Fsp3) is 1.00. The molecule has 1 saturated carbocycles. The molecule has 2 fully saturated rings. The molecule has 1 aliphatic heterocycles. The second kappa shape index (κ2) is 3.56. The summed E-state index contributed by atoms with van der Waals surface area (Å²) in [5.41, 5.74) is 3.73. The zero-order valence-electron chi connectivity index (χ0n) is 8.68. The highest BCUT2D eigenvalue weighted by atomic mass is 16.5. The smallest absolute Gasteiger partial charge is 0.0698 e. The summed E-state index contributed by atoms with van der Waals surface area (Å²) < 4.78 is 5.85. The van der Waals surface area contributed by atoms with Crippen LogP contribution in [0.2, 0.25) is 0 Å². The van der Waals surface area contributed by atoms with Gasteiger partial charge in [0.1, 0.15) is 0 Å². The van der Waals surface area contributed by atoms with Gasteiger partial charge in [-0.2, -0.15) is 0 Å². The molecule has 1 unspecified atom stereocenters. The maximum absolute atomic E-state index is 5.85. The fourth-order valence-corrected chi connectivity index (χ4v) is 2.42. The van der Waals surface area contributed by atoms with Gasteiger partial charge >= 0.3 is 0 Å². The summed E-state index contributed by atoms with van der Waals surface area (Å²) >= 11 is 0. The van der Waals surface area contributed by atoms with Crippen molar-refractivity contribution in [2.24, 2.45) is 0 Å². The first-order valence-electron chi connectivity index (χ1n) is 5.28. The van der Waals surface area contributed by atoms with Crippen molar-refractivity contribution >= 4 is 0 Å². The van der Waals surface area contributed by atoms with Crippen molar-refractivity contribution < 1.29 is 4.74 Å². The van der Waals surface area contributed by atoms with Gasteiger partial charge in [-0.1, -0.05) is 0 Å². The maximum Gasteiger partial charge on any atom is 0.0698 e. The van der Waals surface area contributed by atoms with Gasteiger partial charge in [0.15, 0.2) is 0 Å². The molecule has 0 aromatic heterocycles. The van der Waals surface area contributed by atoms with Crippen molar-refractivity contribution in [1.82, 2.24) is 10.4 Å². The highest BCUT2D eigenvalue weighted by Gasteiger charge is 2.42. The van der Waals surface area contributed by atoms with Gasteiger partial charge in [-0.3, -0.25) is 10.4 Å². The number of ether oxygens (including phenoxy) is 1. The zero-order valence-corrected chi connectivity index (χ0v) is 8.68. The Balaban J connectivity index is 1.85. The van der Waals surface area contributed by atoms with Crippen molar-refractivity contribution in [2.45, 2.75) is 43.7 Å². The van der Waals surface area contributed by atoms with Crippen molar-refractivity contribution in [3.05, 3.63) is 0 Å². The Hall–Kier alpha value is -0.120. The van der Waals surface area contributed by atoms with Crippen molar-refractivity contribution in [3.8, 4) is 0 Å². The normalized spacial score (nSPS) is 32.1. The molecule has 0 amide bonds. The summed E-state index contributed by atoms with van der Waals surface area (Å²) in [6.45, 7) is 0.936. The molecule has 3 heteroatoms. The predicted octanol–water partition coefficient (Wildman–Crippen LogP) is 1.15. The summed E-state index contributed by atoms with van der Waals surface area (Å²) in [5.74, 6) is 0. The lowest BCUT2D eigenvalue weighted by Crippen LogP contribution is -2.53. The summed E-state index contributed by atoms with van der Waals surface area (Å²) in [4.78, 5) is 0. The molecule has 1 heterocycles. The molecule has 1 N–H and O–H groups in total. The summed E-state index contributed by atoms with van der Waals surface area (Å²) in [6.07, 6.45) is 6.26. The molecule has 76 valence electrons. The Labute approximate surface area is 80.4 Å². The lowest BCUT2D eigenvalue weighted by Gasteiger charge is -2.47. The predicted molar refractivity (Wildman–Crippen MR) is 52.4 cm³/mol. The lowest BCUT2D eigenvalue weighted by molar-refractivity contribution is -0.139. The number of nitrogens with zero attached hydrogens (tertiary/aromatic N) is 1. The monoisotopic (exact) mass is 184 g/mol. The van der Waals surface area contributed by atoms with E-state index in [2.05, 4.69) is 24.5 Å². The van der Waals surface area contributed by atoms with Gasteiger partial charge in [0.25, 0.3) is 0 Å². The third-order valence-corrected chi connectivity index (χ3v) is 3.20. The first kappa shape index (κ1) is 9.44. The molecular weight excluding hydrogens is 164 g/mol. The lowest BCUT2D eigenvalue weighted by atomic mass is 9.74. The topological polar surface area (TPSA) is 24.5 Å². The van der Waals surface area contributed by atoms with Gasteiger partial charge in [0, 0.05) is 26.7 Å². The Morgan fingerprint density at radius 2 is 2.15 bits per heavy atom. The van der Waals surface area contributed by atoms with Crippen molar-refractivity contribution in [3.63, 3.8) is 0 Å². The Kier molecular flexibility index (Phi) is 2.58. The Morgan fingerprint density at radius 3 is 2.69 bits per heavy atom. The molecule has 0 aromatic rings. The summed E-state index contributed by atoms with van der Waals surface area (Å²) in [5, 5.41) is 2.06. The highest BCUT2D eigenvalue weighted by molar-refractivity contribution is 4.95. The number of rotatable bonds is 2. The van der Waals surface area contributed by atoms with Crippen LogP contribution < -0.4 is 5.43 Å². The largest absolute Gasteiger partial charge is 0.375 e. The van der Waals surface area contributed by atoms with E-state index in [4.69, 9.17) is 4.74 Å². The minimum Gasteiger partial charge on any atom is -0.375 e. The van der Waals surface area contributed by atoms with Crippen molar-refractivity contribution in [1.29, 1.82) is 0 Å². The average molecular weight is 184 g/mol. The van der Waals surface area contributed by atoms with E-state index in [-0.39, 0.29) is 5.60 Å². The van der Waals surface area contributed by atoms with E-state index in [1.165, 1.54) is 25.7 Å². The van der Waals surface area contributed by atoms with Crippen LogP contribution in [0.15, 0.2) is 0 Å². The average Bonchev–Trinajstić information content (AvgIpc) is 2.01. The van der Waals surface area contributed by atoms with Crippen LogP contribution in [-0.2, 0) is 4.74 Å². The fourth-order valence-electron chi connectivity index (χ4n) is 2.42. The molecule has 1 spiro atoms. The highest BCUT2D eigenvalue weighted by Crippen LogP contribution is 2.42. The van der Waals surface area contributed by atoms with Gasteiger partial charge in [-0.05, 0) is 32.1 Å². The molecule has 0 aromatic carbocycles. The third kappa shape index (κ3) is 2.03. The number of hydrazine groups is 1. The minimum atomic E-state index is 0.270. The van der Waals surface area contributed by atoms with Crippen LogP contribution in [0.1, 0.15) is 32.1 Å². The van der Waals surface area contributed by atoms with Crippen LogP contribution in [-0.4, -0.2) is 37.4 Å². The van der Waals surface area contributed by atoms with Gasteiger partial charge in [-0.15, -0.1) is 0 Å². The first-order chi connectivity index (χ1) is 6.20. The standard InChI is InChI=1S/C10H20N2O/c1-12(2)11-9-4-7-13-10(8-9)5-3-6-10/h9,11H,3-8H2,1-2H3. The maximum atomic E-state index is 5.85. The molecule has 2 aliphatic rings. The van der Waals surface area contributed by atoms with E-state index in [1.54, 1.807) is 0 Å². The summed E-state index contributed by atoms with van der Waals surface area (Å²) in [6, 6.07) is 0.629. The Morgan fingerprint density at radius 1 is 1.38 bits per heavy atom. The van der Waals surface area contributed by atoms with E-state index in [9.17, 15) is 0 Å². The van der Waals surface area contributed by atoms with Gasteiger partial charge in [0.05, 0.1) is 5.60 Å². The van der Waals surface area contributed by atoms with Crippen LogP contribution in [0.3, 0.4) is 0 Å². The zero-order chi connectivity index (χ0) is 9.31. The van der Waals surface area contributed by atoms with E-state index < -0.39 is 0 Å². The van der Waals surface area contributed by atoms with Gasteiger partial charge in [-0.25, -0.2) is 0 Å². The molecule has 2 rings (SSSR count). The van der Waals surface area contributed by atoms with Crippen LogP contribution in [0.5, 0.6) is 0 Å². The minimum absolute atomic E-state index is 0.270. The quantitative estimate of drug-likeness (QED) is 0.652. The number of hydrogen-bond donors (Lipinski definition) is 1. The molecule has 13 heavy (non-hydrogen) atoms. The molecule has 0 radical (unpaired) electrons. The molecule has 1 atom stereocenters. The molecular formula is C10H20N2O. The first-order valence-corrected chi connectivity index (χ1v) is 5.28. The molecule has 3 nitrogen and oxygen atoms in total. The SMILES string of the molecule is CN(C)NC1CCOC2(CCC2)C1. The second-order valence-electron chi connectivity index (χ2n) is 4.60. The van der Waals surface area contributed by atoms with Crippen LogP contribution in [0, 0.1) is 0 Å². The van der Waals surface area contributed by atoms with E-state index in [0.717, 1.165) is 13.0 Å². The number of nitrogens with one attached hydrogen (secondary N) is 1. The van der Waals surface area contributed by atoms with Crippen molar-refractivity contribution in [2.75, 3.05) is 20.7 Å². The van der Waals surface area contributed by atoms with Crippen LogP contribution in [0.25, 0.3) is 0 Å². The van der Waals surface area contributed by atoms with Crippen LogP contribution >= 0.6 is 0 Å². The molecule has 1 aliphatic carbocycles. The van der Waals surface area contributed by atoms with E-state index in [0.29, 0.717) is 6.04 Å². The van der Waals surface area contributed by atoms with E-state index >= 15 is 0 Å². The second-order valence-corrected chi connectivity index (χ2v) is 4.60. The number of hydrogen-bond acceptors (Lipinski definition) is 3. The molecule has 1 saturated heterocycles. The van der Waals surface area contributed by atoms with Gasteiger partial charge in [0.2, 0.25) is 0 Å². The van der Waals surface area contributed by atoms with Gasteiger partial charge < -0.3 is 4.74 Å². The Bertz CT molecular complexity index is 178. The third-order valence-electron chi connectivity index (χ3n) is 3.20. The molecule has 0 bridgehead atoms. The van der Waals surface area contributed by atoms with Crippen LogP contribution in [0.4, 0.5) is 0 Å².